The number of benzene rings is 2. The lowest BCUT2D eigenvalue weighted by Gasteiger charge is -2.07. The Kier molecular flexibility index (Phi) is 5.77. The molecule has 0 spiro atoms. The first-order valence-corrected chi connectivity index (χ1v) is 7.67. The average Bonchev–Trinajstić information content (AvgIpc) is 2.51. The summed E-state index contributed by atoms with van der Waals surface area (Å²) in [5.74, 6) is -0.803. The van der Waals surface area contributed by atoms with Crippen molar-refractivity contribution >= 4 is 23.4 Å². The third-order valence-corrected chi connectivity index (χ3v) is 3.72. The Labute approximate surface area is 131 Å². The smallest absolute Gasteiger partial charge is 0.234 e. The van der Waals surface area contributed by atoms with Gasteiger partial charge in [-0.25, -0.2) is 8.78 Å². The largest absolute Gasteiger partial charge is 0.494 e. The van der Waals surface area contributed by atoms with Crippen molar-refractivity contribution in [3.63, 3.8) is 0 Å². The molecule has 22 heavy (non-hydrogen) atoms. The first-order valence-electron chi connectivity index (χ1n) is 6.69. The molecule has 0 saturated carbocycles. The zero-order chi connectivity index (χ0) is 15.9. The molecule has 1 amide bonds. The van der Waals surface area contributed by atoms with Crippen LogP contribution in [0.4, 0.5) is 14.5 Å². The highest BCUT2D eigenvalue weighted by molar-refractivity contribution is 8.00. The lowest BCUT2D eigenvalue weighted by atomic mass is 10.3. The van der Waals surface area contributed by atoms with Crippen molar-refractivity contribution in [2.45, 2.75) is 11.8 Å². The summed E-state index contributed by atoms with van der Waals surface area (Å²) in [7, 11) is 0. The van der Waals surface area contributed by atoms with Crippen LogP contribution >= 0.6 is 11.8 Å². The van der Waals surface area contributed by atoms with Crippen molar-refractivity contribution in [1.82, 2.24) is 0 Å². The first-order chi connectivity index (χ1) is 10.6. The van der Waals surface area contributed by atoms with Crippen molar-refractivity contribution < 1.29 is 18.3 Å². The van der Waals surface area contributed by atoms with Gasteiger partial charge in [0.15, 0.2) is 0 Å². The number of thioether (sulfide) groups is 1. The molecule has 0 aliphatic carbocycles. The van der Waals surface area contributed by atoms with E-state index in [9.17, 15) is 13.6 Å². The summed E-state index contributed by atoms with van der Waals surface area (Å²) in [5, 5.41) is 2.35. The topological polar surface area (TPSA) is 38.3 Å². The van der Waals surface area contributed by atoms with Gasteiger partial charge in [0.1, 0.15) is 17.4 Å². The lowest BCUT2D eigenvalue weighted by molar-refractivity contribution is -0.113. The summed E-state index contributed by atoms with van der Waals surface area (Å²) in [6.07, 6.45) is 0. The number of amides is 1. The summed E-state index contributed by atoms with van der Waals surface area (Å²) in [5.41, 5.74) is -0.155. The van der Waals surface area contributed by atoms with Gasteiger partial charge in [-0.1, -0.05) is 0 Å². The second-order valence-electron chi connectivity index (χ2n) is 4.37. The van der Waals surface area contributed by atoms with Gasteiger partial charge in [-0.05, 0) is 43.3 Å². The molecule has 0 unspecified atom stereocenters. The summed E-state index contributed by atoms with van der Waals surface area (Å²) < 4.78 is 31.7. The van der Waals surface area contributed by atoms with Gasteiger partial charge in [0, 0.05) is 11.0 Å². The molecule has 0 aliphatic heterocycles. The quantitative estimate of drug-likeness (QED) is 0.814. The molecule has 0 atom stereocenters. The third kappa shape index (κ3) is 4.73. The highest BCUT2D eigenvalue weighted by atomic mass is 32.2. The van der Waals surface area contributed by atoms with Crippen LogP contribution in [0, 0.1) is 11.6 Å². The minimum absolute atomic E-state index is 0.101. The number of halogens is 2. The zero-order valence-corrected chi connectivity index (χ0v) is 12.8. The Morgan fingerprint density at radius 3 is 2.59 bits per heavy atom. The van der Waals surface area contributed by atoms with Gasteiger partial charge in [-0.3, -0.25) is 4.79 Å². The van der Waals surface area contributed by atoms with E-state index in [2.05, 4.69) is 5.32 Å². The Bertz CT molecular complexity index is 647. The van der Waals surface area contributed by atoms with E-state index >= 15 is 0 Å². The molecule has 3 nitrogen and oxygen atoms in total. The fourth-order valence-corrected chi connectivity index (χ4v) is 2.43. The normalized spacial score (nSPS) is 10.3. The molecule has 2 rings (SSSR count). The van der Waals surface area contributed by atoms with Gasteiger partial charge in [-0.15, -0.1) is 11.8 Å². The standard InChI is InChI=1S/C16H15F2NO2S/c1-2-21-12-4-6-13(7-5-12)22-10-16(20)19-15-9-11(17)3-8-14(15)18/h3-9H,2,10H2,1H3,(H,19,20). The van der Waals surface area contributed by atoms with Gasteiger partial charge in [0.2, 0.25) is 5.91 Å². The van der Waals surface area contributed by atoms with Gasteiger partial charge < -0.3 is 10.1 Å². The summed E-state index contributed by atoms with van der Waals surface area (Å²) in [6.45, 7) is 2.49. The number of ether oxygens (including phenoxy) is 1. The van der Waals surface area contributed by atoms with Crippen molar-refractivity contribution in [2.24, 2.45) is 0 Å². The Hall–Kier alpha value is -2.08. The second kappa shape index (κ2) is 7.79. The molecule has 2 aromatic rings. The number of carbonyl (C=O) groups is 1. The van der Waals surface area contributed by atoms with Crippen molar-refractivity contribution in [3.8, 4) is 5.75 Å². The maximum absolute atomic E-state index is 13.4. The predicted molar refractivity (Wildman–Crippen MR) is 83.3 cm³/mol. The summed E-state index contributed by atoms with van der Waals surface area (Å²) in [4.78, 5) is 12.7. The molecular weight excluding hydrogens is 308 g/mol. The number of rotatable bonds is 6. The van der Waals surface area contributed by atoms with Gasteiger partial charge in [-0.2, -0.15) is 0 Å². The lowest BCUT2D eigenvalue weighted by Crippen LogP contribution is -2.15. The van der Waals surface area contributed by atoms with Crippen molar-refractivity contribution in [1.29, 1.82) is 0 Å². The third-order valence-electron chi connectivity index (χ3n) is 2.71. The molecule has 0 saturated heterocycles. The van der Waals surface area contributed by atoms with E-state index in [0.717, 1.165) is 28.8 Å². The second-order valence-corrected chi connectivity index (χ2v) is 5.41. The van der Waals surface area contributed by atoms with Crippen LogP contribution in [-0.2, 0) is 4.79 Å². The molecule has 0 aliphatic rings. The SMILES string of the molecule is CCOc1ccc(SCC(=O)Nc2cc(F)ccc2F)cc1. The summed E-state index contributed by atoms with van der Waals surface area (Å²) >= 11 is 1.30. The molecule has 0 radical (unpaired) electrons. The van der Waals surface area contributed by atoms with Gasteiger partial charge in [0.25, 0.3) is 0 Å². The van der Waals surface area contributed by atoms with Crippen LogP contribution in [0.15, 0.2) is 47.4 Å². The van der Waals surface area contributed by atoms with E-state index in [4.69, 9.17) is 4.74 Å². The number of carbonyl (C=O) groups excluding carboxylic acids is 1. The molecule has 6 heteroatoms. The molecule has 0 bridgehead atoms. The highest BCUT2D eigenvalue weighted by Crippen LogP contribution is 2.22. The fourth-order valence-electron chi connectivity index (χ4n) is 1.73. The van der Waals surface area contributed by atoms with Crippen LogP contribution in [0.3, 0.4) is 0 Å². The van der Waals surface area contributed by atoms with Crippen molar-refractivity contribution in [3.05, 3.63) is 54.1 Å². The molecule has 1 N–H and O–H groups in total. The van der Waals surface area contributed by atoms with Gasteiger partial charge >= 0.3 is 0 Å². The van der Waals surface area contributed by atoms with Gasteiger partial charge in [0.05, 0.1) is 18.0 Å². The van der Waals surface area contributed by atoms with Crippen molar-refractivity contribution in [2.75, 3.05) is 17.7 Å². The highest BCUT2D eigenvalue weighted by Gasteiger charge is 2.09. The van der Waals surface area contributed by atoms with Crippen LogP contribution in [0.25, 0.3) is 0 Å². The maximum Gasteiger partial charge on any atom is 0.234 e. The van der Waals surface area contributed by atoms with Crippen LogP contribution < -0.4 is 10.1 Å². The van der Waals surface area contributed by atoms with E-state index in [1.54, 1.807) is 0 Å². The zero-order valence-electron chi connectivity index (χ0n) is 11.9. The fraction of sp³-hybridized carbons (Fsp3) is 0.188. The monoisotopic (exact) mass is 323 g/mol. The maximum atomic E-state index is 13.4. The van der Waals surface area contributed by atoms with Crippen LogP contribution in [0.2, 0.25) is 0 Å². The minimum Gasteiger partial charge on any atom is -0.494 e. The molecule has 0 aromatic heterocycles. The molecule has 0 fully saturated rings. The number of anilines is 1. The minimum atomic E-state index is -0.666. The van der Waals surface area contributed by atoms with E-state index in [0.29, 0.717) is 6.61 Å². The Balaban J connectivity index is 1.88. The average molecular weight is 323 g/mol. The first kappa shape index (κ1) is 16.3. The molecular formula is C16H15F2NO2S. The van der Waals surface area contributed by atoms with Crippen LogP contribution in [0.1, 0.15) is 6.92 Å². The van der Waals surface area contributed by atoms with E-state index < -0.39 is 17.5 Å². The Morgan fingerprint density at radius 2 is 1.91 bits per heavy atom. The van der Waals surface area contributed by atoms with Crippen LogP contribution in [0.5, 0.6) is 5.75 Å². The molecule has 2 aromatic carbocycles. The number of hydrogen-bond acceptors (Lipinski definition) is 3. The Morgan fingerprint density at radius 1 is 1.18 bits per heavy atom. The summed E-state index contributed by atoms with van der Waals surface area (Å²) in [6, 6.07) is 10.2. The number of nitrogens with one attached hydrogen (secondary N) is 1. The van der Waals surface area contributed by atoms with E-state index in [1.165, 1.54) is 11.8 Å². The number of hydrogen-bond donors (Lipinski definition) is 1. The van der Waals surface area contributed by atoms with E-state index in [1.807, 2.05) is 31.2 Å². The molecule has 0 heterocycles. The predicted octanol–water partition coefficient (Wildman–Crippen LogP) is 4.09. The van der Waals surface area contributed by atoms with Crippen LogP contribution in [-0.4, -0.2) is 18.3 Å². The molecule has 116 valence electrons. The van der Waals surface area contributed by atoms with E-state index in [-0.39, 0.29) is 11.4 Å².